The fraction of sp³-hybridized carbons (Fsp3) is 0.400. The highest BCUT2D eigenvalue weighted by molar-refractivity contribution is 9.10. The predicted octanol–water partition coefficient (Wildman–Crippen LogP) is 3.01. The Morgan fingerprint density at radius 3 is 2.86 bits per heavy atom. The topological polar surface area (TPSA) is 76.2 Å². The van der Waals surface area contributed by atoms with Gasteiger partial charge in [-0.25, -0.2) is 13.2 Å². The maximum absolute atomic E-state index is 12.1. The minimum Gasteiger partial charge on any atom is -0.462 e. The molecule has 1 saturated heterocycles. The molecule has 1 aliphatic rings. The van der Waals surface area contributed by atoms with Crippen LogP contribution in [0.25, 0.3) is 10.9 Å². The van der Waals surface area contributed by atoms with Crippen LogP contribution in [0, 0.1) is 0 Å². The van der Waals surface area contributed by atoms with Gasteiger partial charge >= 0.3 is 5.97 Å². The zero-order valence-corrected chi connectivity index (χ0v) is 14.5. The molecule has 2 aromatic rings. The lowest BCUT2D eigenvalue weighted by molar-refractivity contribution is 0.0528. The summed E-state index contributed by atoms with van der Waals surface area (Å²) in [5.74, 6) is -0.0195. The van der Waals surface area contributed by atoms with E-state index in [1.54, 1.807) is 13.0 Å². The summed E-state index contributed by atoms with van der Waals surface area (Å²) in [5.41, 5.74) is 2.10. The molecule has 1 fully saturated rings. The Morgan fingerprint density at radius 1 is 1.45 bits per heavy atom. The van der Waals surface area contributed by atoms with Gasteiger partial charge < -0.3 is 9.72 Å². The van der Waals surface area contributed by atoms with Crippen LogP contribution in [-0.2, 0) is 14.6 Å². The minimum atomic E-state index is -2.95. The summed E-state index contributed by atoms with van der Waals surface area (Å²) in [6.45, 7) is 2.07. The number of halogens is 1. The molecule has 1 aliphatic heterocycles. The molecule has 1 aromatic heterocycles. The second kappa shape index (κ2) is 5.70. The van der Waals surface area contributed by atoms with Gasteiger partial charge in [0.15, 0.2) is 9.84 Å². The van der Waals surface area contributed by atoms with Crippen molar-refractivity contribution in [3.63, 3.8) is 0 Å². The fourth-order valence-electron chi connectivity index (χ4n) is 2.97. The predicted molar refractivity (Wildman–Crippen MR) is 88.0 cm³/mol. The highest BCUT2D eigenvalue weighted by Gasteiger charge is 2.31. The Labute approximate surface area is 137 Å². The van der Waals surface area contributed by atoms with E-state index in [0.29, 0.717) is 24.1 Å². The zero-order valence-electron chi connectivity index (χ0n) is 12.1. The van der Waals surface area contributed by atoms with Crippen molar-refractivity contribution in [1.82, 2.24) is 4.98 Å². The lowest BCUT2D eigenvalue weighted by Crippen LogP contribution is -2.06. The van der Waals surface area contributed by atoms with Crippen molar-refractivity contribution in [3.05, 3.63) is 33.9 Å². The average molecular weight is 386 g/mol. The number of hydrogen-bond acceptors (Lipinski definition) is 4. The van der Waals surface area contributed by atoms with Crippen molar-refractivity contribution in [2.75, 3.05) is 18.1 Å². The summed E-state index contributed by atoms with van der Waals surface area (Å²) in [5, 5.41) is 0.875. The van der Waals surface area contributed by atoms with Gasteiger partial charge in [-0.2, -0.15) is 0 Å². The standard InChI is InChI=1S/C15H16BrNO4S/c1-2-21-15(18)12-6-10(16)5-11-13(7-17-14(11)12)9-3-4-22(19,20)8-9/h5-7,9,17H,2-4,8H2,1H3. The molecule has 1 unspecified atom stereocenters. The van der Waals surface area contributed by atoms with Crippen LogP contribution in [0.2, 0.25) is 0 Å². The van der Waals surface area contributed by atoms with Gasteiger partial charge in [-0.1, -0.05) is 15.9 Å². The highest BCUT2D eigenvalue weighted by atomic mass is 79.9. The van der Waals surface area contributed by atoms with Gasteiger partial charge in [0.25, 0.3) is 0 Å². The highest BCUT2D eigenvalue weighted by Crippen LogP contribution is 2.36. The number of carbonyl (C=O) groups is 1. The van der Waals surface area contributed by atoms with Gasteiger partial charge in [-0.15, -0.1) is 0 Å². The zero-order chi connectivity index (χ0) is 15.9. The Balaban J connectivity index is 2.10. The number of ether oxygens (including phenoxy) is 1. The summed E-state index contributed by atoms with van der Waals surface area (Å²) in [4.78, 5) is 15.2. The molecule has 0 spiro atoms. The fourth-order valence-corrected chi connectivity index (χ4v) is 5.19. The number of esters is 1. The molecule has 2 heterocycles. The molecule has 1 aromatic carbocycles. The number of aromatic nitrogens is 1. The van der Waals surface area contributed by atoms with Gasteiger partial charge in [-0.3, -0.25) is 0 Å². The van der Waals surface area contributed by atoms with E-state index in [-0.39, 0.29) is 23.4 Å². The second-order valence-electron chi connectivity index (χ2n) is 5.44. The van der Waals surface area contributed by atoms with Crippen LogP contribution < -0.4 is 0 Å². The molecular formula is C15H16BrNO4S. The monoisotopic (exact) mass is 385 g/mol. The number of benzene rings is 1. The van der Waals surface area contributed by atoms with Crippen LogP contribution in [0.5, 0.6) is 0 Å². The quantitative estimate of drug-likeness (QED) is 0.823. The van der Waals surface area contributed by atoms with E-state index < -0.39 is 9.84 Å². The molecule has 3 rings (SSSR count). The van der Waals surface area contributed by atoms with Crippen LogP contribution in [0.1, 0.15) is 35.2 Å². The molecule has 22 heavy (non-hydrogen) atoms. The third-order valence-electron chi connectivity index (χ3n) is 3.95. The van der Waals surface area contributed by atoms with Crippen molar-refractivity contribution in [2.45, 2.75) is 19.3 Å². The molecule has 0 saturated carbocycles. The first-order valence-corrected chi connectivity index (χ1v) is 9.71. The molecule has 7 heteroatoms. The van der Waals surface area contributed by atoms with Crippen LogP contribution in [-0.4, -0.2) is 37.5 Å². The first-order chi connectivity index (χ1) is 10.4. The molecule has 0 radical (unpaired) electrons. The summed E-state index contributed by atoms with van der Waals surface area (Å²) < 4.78 is 29.3. The number of nitrogens with one attached hydrogen (secondary N) is 1. The van der Waals surface area contributed by atoms with Crippen molar-refractivity contribution >= 4 is 42.6 Å². The van der Waals surface area contributed by atoms with Gasteiger partial charge in [-0.05, 0) is 31.0 Å². The van der Waals surface area contributed by atoms with Crippen LogP contribution in [0.15, 0.2) is 22.8 Å². The third kappa shape index (κ3) is 2.79. The van der Waals surface area contributed by atoms with E-state index in [2.05, 4.69) is 20.9 Å². The van der Waals surface area contributed by atoms with Gasteiger partial charge in [0, 0.05) is 22.0 Å². The van der Waals surface area contributed by atoms with Gasteiger partial charge in [0.05, 0.1) is 29.2 Å². The van der Waals surface area contributed by atoms with Crippen LogP contribution >= 0.6 is 15.9 Å². The van der Waals surface area contributed by atoms with Gasteiger partial charge in [0.2, 0.25) is 0 Å². The van der Waals surface area contributed by atoms with E-state index in [1.807, 2.05) is 12.3 Å². The minimum absolute atomic E-state index is 0.0249. The Bertz CT molecular complexity index is 841. The molecule has 1 atom stereocenters. The lowest BCUT2D eigenvalue weighted by Gasteiger charge is -2.08. The maximum Gasteiger partial charge on any atom is 0.340 e. The summed E-state index contributed by atoms with van der Waals surface area (Å²) in [6, 6.07) is 3.63. The molecular weight excluding hydrogens is 370 g/mol. The molecule has 0 aliphatic carbocycles. The number of hydrogen-bond donors (Lipinski definition) is 1. The number of H-pyrrole nitrogens is 1. The van der Waals surface area contributed by atoms with Crippen molar-refractivity contribution in [3.8, 4) is 0 Å². The van der Waals surface area contributed by atoms with Crippen molar-refractivity contribution in [2.24, 2.45) is 0 Å². The number of rotatable bonds is 3. The Hall–Kier alpha value is -1.34. The normalized spacial score (nSPS) is 20.4. The van der Waals surface area contributed by atoms with E-state index in [1.165, 1.54) is 0 Å². The molecule has 0 amide bonds. The number of sulfone groups is 1. The molecule has 1 N–H and O–H groups in total. The lowest BCUT2D eigenvalue weighted by atomic mass is 9.97. The van der Waals surface area contributed by atoms with Crippen molar-refractivity contribution < 1.29 is 17.9 Å². The third-order valence-corrected chi connectivity index (χ3v) is 6.18. The molecule has 5 nitrogen and oxygen atoms in total. The largest absolute Gasteiger partial charge is 0.462 e. The van der Waals surface area contributed by atoms with Crippen LogP contribution in [0.4, 0.5) is 0 Å². The van der Waals surface area contributed by atoms with Gasteiger partial charge in [0.1, 0.15) is 0 Å². The summed E-state index contributed by atoms with van der Waals surface area (Å²) in [6.07, 6.45) is 2.43. The average Bonchev–Trinajstić information content (AvgIpc) is 3.01. The number of aromatic amines is 1. The maximum atomic E-state index is 12.1. The second-order valence-corrected chi connectivity index (χ2v) is 8.58. The summed E-state index contributed by atoms with van der Waals surface area (Å²) in [7, 11) is -2.95. The number of carbonyl (C=O) groups excluding carboxylic acids is 1. The van der Waals surface area contributed by atoms with E-state index in [9.17, 15) is 13.2 Å². The van der Waals surface area contributed by atoms with Crippen molar-refractivity contribution in [1.29, 1.82) is 0 Å². The Kier molecular flexibility index (Phi) is 4.03. The van der Waals surface area contributed by atoms with Crippen LogP contribution in [0.3, 0.4) is 0 Å². The SMILES string of the molecule is CCOC(=O)c1cc(Br)cc2c(C3CCS(=O)(=O)C3)c[nH]c12. The van der Waals surface area contributed by atoms with E-state index in [0.717, 1.165) is 15.4 Å². The summed E-state index contributed by atoms with van der Waals surface area (Å²) >= 11 is 3.41. The first kappa shape index (κ1) is 15.6. The Morgan fingerprint density at radius 2 is 2.23 bits per heavy atom. The molecule has 118 valence electrons. The number of fused-ring (bicyclic) bond motifs is 1. The first-order valence-electron chi connectivity index (χ1n) is 7.09. The van der Waals surface area contributed by atoms with E-state index >= 15 is 0 Å². The smallest absolute Gasteiger partial charge is 0.340 e. The molecule has 0 bridgehead atoms. The van der Waals surface area contributed by atoms with E-state index in [4.69, 9.17) is 4.74 Å².